The van der Waals surface area contributed by atoms with Gasteiger partial charge in [-0.05, 0) is 55.1 Å². The van der Waals surface area contributed by atoms with Gasteiger partial charge in [0.15, 0.2) is 5.82 Å². The van der Waals surface area contributed by atoms with E-state index in [1.54, 1.807) is 0 Å². The molecule has 2 N–H and O–H groups in total. The monoisotopic (exact) mass is 374 g/mol. The van der Waals surface area contributed by atoms with Gasteiger partial charge in [-0.15, -0.1) is 0 Å². The second-order valence-electron chi connectivity index (χ2n) is 6.39. The van der Waals surface area contributed by atoms with E-state index >= 15 is 0 Å². The number of nitrogens with zero attached hydrogens (tertiary/aromatic N) is 2. The maximum Gasteiger partial charge on any atom is 0.168 e. The largest absolute Gasteiger partial charge is 0.337 e. The molecule has 2 heterocycles. The summed E-state index contributed by atoms with van der Waals surface area (Å²) in [5.41, 5.74) is 2.02. The van der Waals surface area contributed by atoms with Gasteiger partial charge < -0.3 is 10.6 Å². The Morgan fingerprint density at radius 3 is 2.85 bits per heavy atom. The fourth-order valence-electron chi connectivity index (χ4n) is 3.31. The van der Waals surface area contributed by atoms with Crippen LogP contribution in [0.4, 0.5) is 20.3 Å². The van der Waals surface area contributed by atoms with Gasteiger partial charge >= 0.3 is 0 Å². The minimum atomic E-state index is -0.842. The number of benzene rings is 2. The molecule has 4 rings (SSSR count). The van der Waals surface area contributed by atoms with E-state index in [0.29, 0.717) is 11.7 Å². The molecular formula is C19H17ClF2N4. The summed E-state index contributed by atoms with van der Waals surface area (Å²) in [4.78, 5) is 8.52. The van der Waals surface area contributed by atoms with Crippen molar-refractivity contribution in [3.05, 3.63) is 58.9 Å². The van der Waals surface area contributed by atoms with Crippen LogP contribution in [0.25, 0.3) is 10.9 Å². The molecule has 2 aromatic carbocycles. The van der Waals surface area contributed by atoms with Gasteiger partial charge in [0, 0.05) is 11.9 Å². The highest BCUT2D eigenvalue weighted by atomic mass is 35.5. The van der Waals surface area contributed by atoms with E-state index in [4.69, 9.17) is 11.6 Å². The number of halogens is 3. The molecule has 0 aliphatic carbocycles. The van der Waals surface area contributed by atoms with Crippen LogP contribution in [-0.4, -0.2) is 23.1 Å². The topological polar surface area (TPSA) is 49.8 Å². The van der Waals surface area contributed by atoms with Gasteiger partial charge in [-0.2, -0.15) is 0 Å². The van der Waals surface area contributed by atoms with Crippen molar-refractivity contribution in [3.8, 4) is 0 Å². The Labute approximate surface area is 154 Å². The number of aromatic nitrogens is 2. The van der Waals surface area contributed by atoms with Gasteiger partial charge in [0.05, 0.1) is 11.2 Å². The summed E-state index contributed by atoms with van der Waals surface area (Å²) < 4.78 is 27.6. The fraction of sp³-hybridized carbons (Fsp3) is 0.263. The molecule has 3 aromatic rings. The Kier molecular flexibility index (Phi) is 4.70. The maximum absolute atomic E-state index is 14.2. The zero-order valence-electron chi connectivity index (χ0n) is 13.9. The van der Waals surface area contributed by atoms with Crippen LogP contribution in [-0.2, 0) is 0 Å². The second kappa shape index (κ2) is 7.13. The first-order valence-corrected chi connectivity index (χ1v) is 8.87. The molecule has 1 saturated heterocycles. The summed E-state index contributed by atoms with van der Waals surface area (Å²) in [5.74, 6) is -0.749. The predicted molar refractivity (Wildman–Crippen MR) is 99.0 cm³/mol. The molecular weight excluding hydrogens is 358 g/mol. The smallest absolute Gasteiger partial charge is 0.168 e. The number of nitrogens with one attached hydrogen (secondary N) is 2. The standard InChI is InChI=1S/C19H17ClF2N4/c20-17-14(21)4-6-16(18(17)22)26-19-13-8-11(12-2-1-7-23-9-12)3-5-15(13)24-10-25-19/h3-6,8,10,12,23H,1-2,7,9H2,(H,24,25,26)/t12-/m0/s1. The van der Waals surface area contributed by atoms with Gasteiger partial charge in [-0.25, -0.2) is 18.7 Å². The SMILES string of the molecule is Fc1ccc(Nc2ncnc3ccc([C@H]4CCCNC4)cc23)c(F)c1Cl. The predicted octanol–water partition coefficient (Wildman–Crippen LogP) is 4.77. The van der Waals surface area contributed by atoms with Crippen LogP contribution >= 0.6 is 11.6 Å². The van der Waals surface area contributed by atoms with Crippen molar-refractivity contribution in [2.75, 3.05) is 18.4 Å². The molecule has 0 spiro atoms. The average molecular weight is 375 g/mol. The van der Waals surface area contributed by atoms with E-state index in [0.717, 1.165) is 42.9 Å². The first-order valence-electron chi connectivity index (χ1n) is 8.49. The highest BCUT2D eigenvalue weighted by Gasteiger charge is 2.17. The summed E-state index contributed by atoms with van der Waals surface area (Å²) in [6, 6.07) is 8.49. The number of hydrogen-bond acceptors (Lipinski definition) is 4. The number of piperidine rings is 1. The second-order valence-corrected chi connectivity index (χ2v) is 6.77. The Balaban J connectivity index is 1.74. The first kappa shape index (κ1) is 17.1. The van der Waals surface area contributed by atoms with Gasteiger partial charge in [-0.1, -0.05) is 17.7 Å². The molecule has 4 nitrogen and oxygen atoms in total. The van der Waals surface area contributed by atoms with Crippen LogP contribution in [0.2, 0.25) is 5.02 Å². The van der Waals surface area contributed by atoms with Crippen LogP contribution < -0.4 is 10.6 Å². The van der Waals surface area contributed by atoms with Gasteiger partial charge in [0.1, 0.15) is 23.0 Å². The minimum absolute atomic E-state index is 0.0705. The van der Waals surface area contributed by atoms with Gasteiger partial charge in [0.25, 0.3) is 0 Å². The zero-order valence-corrected chi connectivity index (χ0v) is 14.7. The molecule has 1 aliphatic heterocycles. The van der Waals surface area contributed by atoms with Crippen LogP contribution in [0.15, 0.2) is 36.7 Å². The molecule has 0 amide bonds. The third kappa shape index (κ3) is 3.22. The fourth-order valence-corrected chi connectivity index (χ4v) is 3.48. The molecule has 0 saturated carbocycles. The van der Waals surface area contributed by atoms with E-state index in [-0.39, 0.29) is 5.69 Å². The number of fused-ring (bicyclic) bond motifs is 1. The summed E-state index contributed by atoms with van der Waals surface area (Å²) in [6.07, 6.45) is 3.67. The van der Waals surface area contributed by atoms with E-state index in [2.05, 4.69) is 26.7 Å². The molecule has 1 aromatic heterocycles. The highest BCUT2D eigenvalue weighted by Crippen LogP contribution is 2.32. The molecule has 7 heteroatoms. The molecule has 1 atom stereocenters. The van der Waals surface area contributed by atoms with E-state index in [1.807, 2.05) is 12.1 Å². The summed E-state index contributed by atoms with van der Waals surface area (Å²) >= 11 is 5.66. The summed E-state index contributed by atoms with van der Waals surface area (Å²) in [7, 11) is 0. The van der Waals surface area contributed by atoms with Crippen molar-refractivity contribution in [2.24, 2.45) is 0 Å². The van der Waals surface area contributed by atoms with Crippen molar-refractivity contribution in [3.63, 3.8) is 0 Å². The maximum atomic E-state index is 14.2. The molecule has 1 aliphatic rings. The van der Waals surface area contributed by atoms with Crippen molar-refractivity contribution in [2.45, 2.75) is 18.8 Å². The summed E-state index contributed by atoms with van der Waals surface area (Å²) in [6.45, 7) is 1.98. The van der Waals surface area contributed by atoms with E-state index in [9.17, 15) is 8.78 Å². The Morgan fingerprint density at radius 1 is 1.15 bits per heavy atom. The lowest BCUT2D eigenvalue weighted by Crippen LogP contribution is -2.28. The van der Waals surface area contributed by atoms with E-state index < -0.39 is 16.7 Å². The number of hydrogen-bond donors (Lipinski definition) is 2. The van der Waals surface area contributed by atoms with Crippen molar-refractivity contribution in [1.29, 1.82) is 0 Å². The Morgan fingerprint density at radius 2 is 2.04 bits per heavy atom. The molecule has 134 valence electrons. The minimum Gasteiger partial charge on any atom is -0.337 e. The number of rotatable bonds is 3. The van der Waals surface area contributed by atoms with E-state index in [1.165, 1.54) is 18.0 Å². The Bertz CT molecular complexity index is 958. The van der Waals surface area contributed by atoms with Crippen molar-refractivity contribution < 1.29 is 8.78 Å². The third-order valence-corrected chi connectivity index (χ3v) is 5.06. The Hall–Kier alpha value is -2.31. The lowest BCUT2D eigenvalue weighted by atomic mass is 9.91. The van der Waals surface area contributed by atoms with Gasteiger partial charge in [-0.3, -0.25) is 0 Å². The van der Waals surface area contributed by atoms with Crippen LogP contribution in [0.5, 0.6) is 0 Å². The van der Waals surface area contributed by atoms with Crippen molar-refractivity contribution in [1.82, 2.24) is 15.3 Å². The molecule has 1 fully saturated rings. The molecule has 0 bridgehead atoms. The summed E-state index contributed by atoms with van der Waals surface area (Å²) in [5, 5.41) is 6.58. The van der Waals surface area contributed by atoms with Crippen LogP contribution in [0.3, 0.4) is 0 Å². The lowest BCUT2D eigenvalue weighted by molar-refractivity contribution is 0.462. The normalized spacial score (nSPS) is 17.4. The van der Waals surface area contributed by atoms with Crippen LogP contribution in [0.1, 0.15) is 24.3 Å². The number of anilines is 2. The molecule has 26 heavy (non-hydrogen) atoms. The quantitative estimate of drug-likeness (QED) is 0.648. The molecule has 0 radical (unpaired) electrons. The van der Waals surface area contributed by atoms with Crippen LogP contribution in [0, 0.1) is 11.6 Å². The van der Waals surface area contributed by atoms with Gasteiger partial charge in [0.2, 0.25) is 0 Å². The van der Waals surface area contributed by atoms with Crippen molar-refractivity contribution >= 4 is 34.0 Å². The lowest BCUT2D eigenvalue weighted by Gasteiger charge is -2.23. The third-order valence-electron chi connectivity index (χ3n) is 4.72. The zero-order chi connectivity index (χ0) is 18.1. The molecule has 0 unspecified atom stereocenters. The first-order chi connectivity index (χ1) is 12.6. The highest BCUT2D eigenvalue weighted by molar-refractivity contribution is 6.31. The average Bonchev–Trinajstić information content (AvgIpc) is 2.69.